The number of amides is 1. The van der Waals surface area contributed by atoms with Gasteiger partial charge in [0.05, 0.1) is 12.5 Å². The molecule has 1 saturated heterocycles. The van der Waals surface area contributed by atoms with Crippen LogP contribution in [0.2, 0.25) is 0 Å². The van der Waals surface area contributed by atoms with E-state index in [1.54, 1.807) is 0 Å². The lowest BCUT2D eigenvalue weighted by molar-refractivity contribution is -0.125. The van der Waals surface area contributed by atoms with Gasteiger partial charge in [-0.2, -0.15) is 0 Å². The standard InChI is InChI=1S/C10H17NO2/c12-10(8-5-6-13-7-8)11-9-3-1-2-4-9/h8-9H,1-7H2,(H,11,12). The fourth-order valence-corrected chi connectivity index (χ4v) is 2.13. The van der Waals surface area contributed by atoms with Crippen molar-refractivity contribution in [1.82, 2.24) is 5.32 Å². The Kier molecular flexibility index (Phi) is 2.83. The fraction of sp³-hybridized carbons (Fsp3) is 0.900. The molecule has 3 nitrogen and oxygen atoms in total. The fourth-order valence-electron chi connectivity index (χ4n) is 2.13. The molecule has 0 spiro atoms. The molecule has 1 saturated carbocycles. The van der Waals surface area contributed by atoms with Gasteiger partial charge in [0.1, 0.15) is 0 Å². The highest BCUT2D eigenvalue weighted by Gasteiger charge is 2.26. The van der Waals surface area contributed by atoms with E-state index in [0.717, 1.165) is 13.0 Å². The average Bonchev–Trinajstić information content (AvgIpc) is 2.74. The van der Waals surface area contributed by atoms with Gasteiger partial charge in [0.25, 0.3) is 0 Å². The second kappa shape index (κ2) is 4.09. The molecule has 1 unspecified atom stereocenters. The summed E-state index contributed by atoms with van der Waals surface area (Å²) in [7, 11) is 0. The zero-order valence-electron chi connectivity index (χ0n) is 7.92. The van der Waals surface area contributed by atoms with Gasteiger partial charge in [-0.1, -0.05) is 12.8 Å². The van der Waals surface area contributed by atoms with Gasteiger partial charge in [-0.05, 0) is 19.3 Å². The molecular weight excluding hydrogens is 166 g/mol. The van der Waals surface area contributed by atoms with Gasteiger partial charge >= 0.3 is 0 Å². The van der Waals surface area contributed by atoms with Crippen LogP contribution in [-0.4, -0.2) is 25.2 Å². The van der Waals surface area contributed by atoms with E-state index >= 15 is 0 Å². The summed E-state index contributed by atoms with van der Waals surface area (Å²) < 4.78 is 5.18. The summed E-state index contributed by atoms with van der Waals surface area (Å²) in [6.45, 7) is 1.38. The highest BCUT2D eigenvalue weighted by atomic mass is 16.5. The number of ether oxygens (including phenoxy) is 1. The van der Waals surface area contributed by atoms with Gasteiger partial charge in [-0.3, -0.25) is 4.79 Å². The molecule has 1 amide bonds. The molecule has 1 aliphatic heterocycles. The number of carbonyl (C=O) groups is 1. The van der Waals surface area contributed by atoms with Gasteiger partial charge in [0.15, 0.2) is 0 Å². The summed E-state index contributed by atoms with van der Waals surface area (Å²) in [5, 5.41) is 3.10. The van der Waals surface area contributed by atoms with Crippen molar-refractivity contribution in [3.8, 4) is 0 Å². The van der Waals surface area contributed by atoms with Crippen LogP contribution in [0.15, 0.2) is 0 Å². The Labute approximate surface area is 78.8 Å². The Morgan fingerprint density at radius 3 is 2.62 bits per heavy atom. The van der Waals surface area contributed by atoms with Crippen molar-refractivity contribution in [3.05, 3.63) is 0 Å². The molecule has 1 N–H and O–H groups in total. The number of hydrogen-bond donors (Lipinski definition) is 1. The summed E-state index contributed by atoms with van der Waals surface area (Å²) in [6.07, 6.45) is 5.77. The quantitative estimate of drug-likeness (QED) is 0.695. The van der Waals surface area contributed by atoms with Crippen molar-refractivity contribution < 1.29 is 9.53 Å². The van der Waals surface area contributed by atoms with Crippen LogP contribution in [0.1, 0.15) is 32.1 Å². The highest BCUT2D eigenvalue weighted by Crippen LogP contribution is 2.19. The molecule has 3 heteroatoms. The Morgan fingerprint density at radius 1 is 1.23 bits per heavy atom. The van der Waals surface area contributed by atoms with Crippen molar-refractivity contribution in [3.63, 3.8) is 0 Å². The van der Waals surface area contributed by atoms with Crippen molar-refractivity contribution in [2.45, 2.75) is 38.1 Å². The van der Waals surface area contributed by atoms with E-state index in [-0.39, 0.29) is 11.8 Å². The van der Waals surface area contributed by atoms with Gasteiger partial charge in [-0.25, -0.2) is 0 Å². The molecule has 74 valence electrons. The molecular formula is C10H17NO2. The summed E-state index contributed by atoms with van der Waals surface area (Å²) >= 11 is 0. The van der Waals surface area contributed by atoms with E-state index in [2.05, 4.69) is 5.32 Å². The number of carbonyl (C=O) groups excluding carboxylic acids is 1. The third kappa shape index (κ3) is 2.21. The topological polar surface area (TPSA) is 38.3 Å². The molecule has 2 fully saturated rings. The normalized spacial score (nSPS) is 29.4. The first-order chi connectivity index (χ1) is 6.36. The van der Waals surface area contributed by atoms with Crippen LogP contribution in [0.5, 0.6) is 0 Å². The maximum Gasteiger partial charge on any atom is 0.225 e. The third-order valence-electron chi connectivity index (χ3n) is 3.00. The molecule has 2 aliphatic rings. The number of rotatable bonds is 2. The summed E-state index contributed by atoms with van der Waals surface area (Å²) in [5.74, 6) is 0.338. The van der Waals surface area contributed by atoms with Gasteiger partial charge in [0, 0.05) is 12.6 Å². The molecule has 1 aliphatic carbocycles. The Balaban J connectivity index is 1.76. The van der Waals surface area contributed by atoms with E-state index in [9.17, 15) is 4.79 Å². The van der Waals surface area contributed by atoms with Crippen molar-refractivity contribution in [1.29, 1.82) is 0 Å². The molecule has 1 heterocycles. The molecule has 0 aromatic rings. The Hall–Kier alpha value is -0.570. The zero-order valence-corrected chi connectivity index (χ0v) is 7.92. The summed E-state index contributed by atoms with van der Waals surface area (Å²) in [4.78, 5) is 11.6. The Bertz CT molecular complexity index is 181. The lowest BCUT2D eigenvalue weighted by Crippen LogP contribution is -2.37. The van der Waals surface area contributed by atoms with E-state index < -0.39 is 0 Å². The lowest BCUT2D eigenvalue weighted by Gasteiger charge is -2.14. The summed E-state index contributed by atoms with van der Waals surface area (Å²) in [6, 6.07) is 0.452. The van der Waals surface area contributed by atoms with E-state index in [1.165, 1.54) is 25.7 Å². The highest BCUT2D eigenvalue weighted by molar-refractivity contribution is 5.79. The number of nitrogens with one attached hydrogen (secondary N) is 1. The SMILES string of the molecule is O=C(NC1CCCC1)C1CCOC1. The molecule has 0 bridgehead atoms. The van der Waals surface area contributed by atoms with Crippen LogP contribution in [0.4, 0.5) is 0 Å². The Morgan fingerprint density at radius 2 is 2.00 bits per heavy atom. The van der Waals surface area contributed by atoms with Gasteiger partial charge in [0.2, 0.25) is 5.91 Å². The van der Waals surface area contributed by atoms with Crippen LogP contribution in [0, 0.1) is 5.92 Å². The van der Waals surface area contributed by atoms with E-state index in [1.807, 2.05) is 0 Å². The van der Waals surface area contributed by atoms with Crippen LogP contribution in [0.3, 0.4) is 0 Å². The first-order valence-corrected chi connectivity index (χ1v) is 5.24. The average molecular weight is 183 g/mol. The minimum atomic E-state index is 0.126. The largest absolute Gasteiger partial charge is 0.381 e. The maximum absolute atomic E-state index is 11.6. The molecule has 13 heavy (non-hydrogen) atoms. The second-order valence-electron chi connectivity index (χ2n) is 4.05. The maximum atomic E-state index is 11.6. The lowest BCUT2D eigenvalue weighted by atomic mass is 10.1. The van der Waals surface area contributed by atoms with Crippen molar-refractivity contribution >= 4 is 5.91 Å². The molecule has 0 aromatic heterocycles. The van der Waals surface area contributed by atoms with Crippen molar-refractivity contribution in [2.24, 2.45) is 5.92 Å². The second-order valence-corrected chi connectivity index (χ2v) is 4.05. The monoisotopic (exact) mass is 183 g/mol. The van der Waals surface area contributed by atoms with E-state index in [0.29, 0.717) is 12.6 Å². The van der Waals surface area contributed by atoms with E-state index in [4.69, 9.17) is 4.74 Å². The van der Waals surface area contributed by atoms with Crippen LogP contribution < -0.4 is 5.32 Å². The molecule has 2 rings (SSSR count). The van der Waals surface area contributed by atoms with Gasteiger partial charge in [-0.15, -0.1) is 0 Å². The first-order valence-electron chi connectivity index (χ1n) is 5.24. The first kappa shape index (κ1) is 9.00. The zero-order chi connectivity index (χ0) is 9.10. The van der Waals surface area contributed by atoms with Crippen LogP contribution in [0.25, 0.3) is 0 Å². The predicted octanol–water partition coefficient (Wildman–Crippen LogP) is 1.08. The molecule has 0 aromatic carbocycles. The molecule has 0 radical (unpaired) electrons. The van der Waals surface area contributed by atoms with Crippen LogP contribution in [-0.2, 0) is 9.53 Å². The summed E-state index contributed by atoms with van der Waals surface area (Å²) in [5.41, 5.74) is 0. The predicted molar refractivity (Wildman–Crippen MR) is 49.3 cm³/mol. The minimum Gasteiger partial charge on any atom is -0.381 e. The van der Waals surface area contributed by atoms with Crippen LogP contribution >= 0.6 is 0 Å². The minimum absolute atomic E-state index is 0.126. The van der Waals surface area contributed by atoms with Gasteiger partial charge < -0.3 is 10.1 Å². The number of hydrogen-bond acceptors (Lipinski definition) is 2. The van der Waals surface area contributed by atoms with Crippen molar-refractivity contribution in [2.75, 3.05) is 13.2 Å². The molecule has 1 atom stereocenters. The smallest absolute Gasteiger partial charge is 0.225 e. The third-order valence-corrected chi connectivity index (χ3v) is 3.00.